The standard InChI is InChI=1S/C14H27ClO8/c15-1-2-18-3-4-19-5-6-20-7-8-21-9-10-22-11-12-23-13-14(16)17/h1-13H2,(H,16,17). The van der Waals surface area contributed by atoms with Gasteiger partial charge in [-0.05, 0) is 0 Å². The Bertz CT molecular complexity index is 255. The molecule has 0 aromatic rings. The third-order valence-corrected chi connectivity index (χ3v) is 2.46. The Balaban J connectivity index is 2.96. The molecule has 23 heavy (non-hydrogen) atoms. The maximum atomic E-state index is 10.2. The molecule has 0 aliphatic heterocycles. The maximum absolute atomic E-state index is 10.2. The first-order valence-electron chi connectivity index (χ1n) is 7.51. The molecule has 0 atom stereocenters. The van der Waals surface area contributed by atoms with Gasteiger partial charge in [0.15, 0.2) is 0 Å². The van der Waals surface area contributed by atoms with Crippen LogP contribution in [0.3, 0.4) is 0 Å². The van der Waals surface area contributed by atoms with Crippen molar-refractivity contribution in [1.29, 1.82) is 0 Å². The van der Waals surface area contributed by atoms with Gasteiger partial charge in [0.1, 0.15) is 6.61 Å². The number of hydrogen-bond donors (Lipinski definition) is 1. The molecular weight excluding hydrogens is 332 g/mol. The summed E-state index contributed by atoms with van der Waals surface area (Å²) in [5, 5.41) is 8.33. The molecule has 138 valence electrons. The van der Waals surface area contributed by atoms with Crippen LogP contribution in [0.4, 0.5) is 0 Å². The quantitative estimate of drug-likeness (QED) is 0.262. The minimum atomic E-state index is -0.988. The van der Waals surface area contributed by atoms with Crippen molar-refractivity contribution < 1.29 is 38.3 Å². The number of carboxylic acids is 1. The van der Waals surface area contributed by atoms with Gasteiger partial charge in [0.25, 0.3) is 0 Å². The van der Waals surface area contributed by atoms with Gasteiger partial charge in [-0.25, -0.2) is 4.79 Å². The lowest BCUT2D eigenvalue weighted by Crippen LogP contribution is -2.15. The Morgan fingerprint density at radius 1 is 0.609 bits per heavy atom. The number of carbonyl (C=O) groups is 1. The Morgan fingerprint density at radius 3 is 1.22 bits per heavy atom. The lowest BCUT2D eigenvalue weighted by atomic mass is 10.6. The van der Waals surface area contributed by atoms with E-state index >= 15 is 0 Å². The molecule has 0 saturated heterocycles. The molecule has 0 aliphatic rings. The highest BCUT2D eigenvalue weighted by molar-refractivity contribution is 6.17. The minimum Gasteiger partial charge on any atom is -0.480 e. The fourth-order valence-corrected chi connectivity index (χ4v) is 1.42. The van der Waals surface area contributed by atoms with E-state index in [1.807, 2.05) is 0 Å². The van der Waals surface area contributed by atoms with Gasteiger partial charge in [0.05, 0.1) is 72.7 Å². The zero-order valence-corrected chi connectivity index (χ0v) is 14.1. The molecule has 9 heteroatoms. The van der Waals surface area contributed by atoms with Gasteiger partial charge in [-0.2, -0.15) is 0 Å². The topological polar surface area (TPSA) is 92.7 Å². The largest absolute Gasteiger partial charge is 0.480 e. The molecular formula is C14H27ClO8. The molecule has 0 spiro atoms. The van der Waals surface area contributed by atoms with Crippen LogP contribution in [0.5, 0.6) is 0 Å². The molecule has 0 rings (SSSR count). The molecule has 0 aliphatic carbocycles. The van der Waals surface area contributed by atoms with Crippen LogP contribution in [0.2, 0.25) is 0 Å². The van der Waals surface area contributed by atoms with Crippen LogP contribution >= 0.6 is 11.6 Å². The number of carboxylic acid groups (broad SMARTS) is 1. The summed E-state index contributed by atoms with van der Waals surface area (Å²) < 4.78 is 31.0. The van der Waals surface area contributed by atoms with Crippen LogP contribution < -0.4 is 0 Å². The van der Waals surface area contributed by atoms with Gasteiger partial charge in [-0.3, -0.25) is 0 Å². The van der Waals surface area contributed by atoms with Crippen molar-refractivity contribution in [3.05, 3.63) is 0 Å². The lowest BCUT2D eigenvalue weighted by Gasteiger charge is -2.07. The zero-order chi connectivity index (χ0) is 17.0. The minimum absolute atomic E-state index is 0.256. The molecule has 8 nitrogen and oxygen atoms in total. The smallest absolute Gasteiger partial charge is 0.329 e. The SMILES string of the molecule is O=C(O)COCCOCCOCCOCCOCCOCCCl. The molecule has 0 fully saturated rings. The van der Waals surface area contributed by atoms with Crippen LogP contribution in [0.15, 0.2) is 0 Å². The summed E-state index contributed by atoms with van der Waals surface area (Å²) in [4.78, 5) is 10.2. The summed E-state index contributed by atoms with van der Waals surface area (Å²) in [6.45, 7) is 4.80. The Labute approximate surface area is 141 Å². The summed E-state index contributed by atoms with van der Waals surface area (Å²) in [7, 11) is 0. The number of halogens is 1. The van der Waals surface area contributed by atoms with Crippen LogP contribution in [0.25, 0.3) is 0 Å². The summed E-state index contributed by atoms with van der Waals surface area (Å²) in [6, 6.07) is 0. The molecule has 0 saturated carbocycles. The molecule has 0 aromatic carbocycles. The zero-order valence-electron chi connectivity index (χ0n) is 13.4. The summed E-state index contributed by atoms with van der Waals surface area (Å²) >= 11 is 5.45. The van der Waals surface area contributed by atoms with E-state index in [1.165, 1.54) is 0 Å². The second-order valence-corrected chi connectivity index (χ2v) is 4.58. The first kappa shape index (κ1) is 22.5. The third kappa shape index (κ3) is 21.5. The normalized spacial score (nSPS) is 11.0. The van der Waals surface area contributed by atoms with Gasteiger partial charge in [0, 0.05) is 5.88 Å². The predicted octanol–water partition coefficient (Wildman–Crippen LogP) is 0.409. The predicted molar refractivity (Wildman–Crippen MR) is 83.3 cm³/mol. The monoisotopic (exact) mass is 358 g/mol. The Hall–Kier alpha value is -0.480. The lowest BCUT2D eigenvalue weighted by molar-refractivity contribution is -0.142. The number of aliphatic carboxylic acids is 1. The van der Waals surface area contributed by atoms with E-state index in [9.17, 15) is 4.79 Å². The molecule has 0 bridgehead atoms. The highest BCUT2D eigenvalue weighted by Crippen LogP contribution is 1.85. The molecule has 0 amide bonds. The fraction of sp³-hybridized carbons (Fsp3) is 0.929. The van der Waals surface area contributed by atoms with Crippen molar-refractivity contribution in [2.75, 3.05) is 85.2 Å². The highest BCUT2D eigenvalue weighted by Gasteiger charge is 1.96. The van der Waals surface area contributed by atoms with Crippen molar-refractivity contribution in [2.45, 2.75) is 0 Å². The first-order chi connectivity index (χ1) is 11.3. The van der Waals surface area contributed by atoms with Gasteiger partial charge in [-0.1, -0.05) is 0 Å². The maximum Gasteiger partial charge on any atom is 0.329 e. The van der Waals surface area contributed by atoms with Gasteiger partial charge >= 0.3 is 5.97 Å². The van der Waals surface area contributed by atoms with Crippen molar-refractivity contribution in [3.8, 4) is 0 Å². The highest BCUT2D eigenvalue weighted by atomic mass is 35.5. The average Bonchev–Trinajstić information content (AvgIpc) is 2.53. The molecule has 0 radical (unpaired) electrons. The number of hydrogen-bond acceptors (Lipinski definition) is 7. The van der Waals surface area contributed by atoms with Crippen LogP contribution in [0, 0.1) is 0 Å². The van der Waals surface area contributed by atoms with Gasteiger partial charge < -0.3 is 33.5 Å². The van der Waals surface area contributed by atoms with Crippen LogP contribution in [-0.4, -0.2) is 96.2 Å². The third-order valence-electron chi connectivity index (χ3n) is 2.31. The van der Waals surface area contributed by atoms with Gasteiger partial charge in [0.2, 0.25) is 0 Å². The van der Waals surface area contributed by atoms with Crippen molar-refractivity contribution in [1.82, 2.24) is 0 Å². The average molecular weight is 359 g/mol. The van der Waals surface area contributed by atoms with Crippen LogP contribution in [0.1, 0.15) is 0 Å². The molecule has 0 unspecified atom stereocenters. The van der Waals surface area contributed by atoms with E-state index in [1.54, 1.807) is 0 Å². The molecule has 0 heterocycles. The number of rotatable bonds is 19. The van der Waals surface area contributed by atoms with E-state index < -0.39 is 5.97 Å². The summed E-state index contributed by atoms with van der Waals surface area (Å²) in [5.41, 5.74) is 0. The van der Waals surface area contributed by atoms with E-state index in [4.69, 9.17) is 45.1 Å². The Kier molecular flexibility index (Phi) is 19.2. The Morgan fingerprint density at radius 2 is 0.913 bits per heavy atom. The summed E-state index contributed by atoms with van der Waals surface area (Å²) in [6.07, 6.45) is 0. The summed E-state index contributed by atoms with van der Waals surface area (Å²) in [5.74, 6) is -0.495. The number of ether oxygens (including phenoxy) is 6. The van der Waals surface area contributed by atoms with Gasteiger partial charge in [-0.15, -0.1) is 11.6 Å². The first-order valence-corrected chi connectivity index (χ1v) is 8.05. The van der Waals surface area contributed by atoms with Crippen molar-refractivity contribution >= 4 is 17.6 Å². The van der Waals surface area contributed by atoms with Crippen molar-refractivity contribution in [2.24, 2.45) is 0 Å². The number of alkyl halides is 1. The van der Waals surface area contributed by atoms with E-state index in [0.29, 0.717) is 71.9 Å². The second-order valence-electron chi connectivity index (χ2n) is 4.20. The van der Waals surface area contributed by atoms with E-state index in [-0.39, 0.29) is 13.2 Å². The van der Waals surface area contributed by atoms with E-state index in [2.05, 4.69) is 0 Å². The van der Waals surface area contributed by atoms with Crippen molar-refractivity contribution in [3.63, 3.8) is 0 Å². The second kappa shape index (κ2) is 19.6. The molecule has 1 N–H and O–H groups in total. The molecule has 0 aromatic heterocycles. The fourth-order valence-electron chi connectivity index (χ4n) is 1.31. The van der Waals surface area contributed by atoms with Crippen LogP contribution in [-0.2, 0) is 33.2 Å². The van der Waals surface area contributed by atoms with E-state index in [0.717, 1.165) is 0 Å².